The molecule has 1 aliphatic rings. The van der Waals surface area contributed by atoms with Crippen molar-refractivity contribution in [1.82, 2.24) is 4.57 Å². The maximum atomic E-state index is 13.0. The van der Waals surface area contributed by atoms with E-state index in [4.69, 9.17) is 0 Å². The fourth-order valence-electron chi connectivity index (χ4n) is 3.51. The SMILES string of the molecule is Cn1cc(-c2cccc(C(F)(F)F)c2)c(=O)c(C2CCCCC2)c1. The predicted octanol–water partition coefficient (Wildman–Crippen LogP) is 5.12. The second-order valence-electron chi connectivity index (χ2n) is 6.54. The van der Waals surface area contributed by atoms with Crippen molar-refractivity contribution in [2.24, 2.45) is 7.05 Å². The Morgan fingerprint density at radius 2 is 1.79 bits per heavy atom. The number of aryl methyl sites for hydroxylation is 1. The second-order valence-corrected chi connectivity index (χ2v) is 6.54. The summed E-state index contributed by atoms with van der Waals surface area (Å²) in [6.45, 7) is 0. The van der Waals surface area contributed by atoms with Gasteiger partial charge in [0.2, 0.25) is 0 Å². The zero-order valence-corrected chi connectivity index (χ0v) is 13.6. The van der Waals surface area contributed by atoms with E-state index < -0.39 is 11.7 Å². The molecule has 1 saturated carbocycles. The first kappa shape index (κ1) is 16.8. The minimum absolute atomic E-state index is 0.140. The molecule has 0 atom stereocenters. The molecule has 1 aromatic carbocycles. The van der Waals surface area contributed by atoms with E-state index in [1.165, 1.54) is 12.5 Å². The van der Waals surface area contributed by atoms with Crippen molar-refractivity contribution < 1.29 is 13.2 Å². The normalized spacial score (nSPS) is 16.3. The van der Waals surface area contributed by atoms with Gasteiger partial charge in [0.25, 0.3) is 0 Å². The highest BCUT2D eigenvalue weighted by Crippen LogP contribution is 2.33. The molecule has 0 unspecified atom stereocenters. The number of alkyl halides is 3. The molecule has 0 amide bonds. The van der Waals surface area contributed by atoms with Crippen LogP contribution >= 0.6 is 0 Å². The third-order valence-electron chi connectivity index (χ3n) is 4.73. The molecule has 0 radical (unpaired) electrons. The first-order chi connectivity index (χ1) is 11.4. The minimum atomic E-state index is -4.41. The molecule has 24 heavy (non-hydrogen) atoms. The smallest absolute Gasteiger partial charge is 0.356 e. The van der Waals surface area contributed by atoms with Gasteiger partial charge >= 0.3 is 6.18 Å². The number of hydrogen-bond acceptors (Lipinski definition) is 1. The van der Waals surface area contributed by atoms with Crippen LogP contribution in [0, 0.1) is 0 Å². The highest BCUT2D eigenvalue weighted by molar-refractivity contribution is 5.64. The van der Waals surface area contributed by atoms with Gasteiger partial charge in [-0.05, 0) is 36.5 Å². The number of aromatic nitrogens is 1. The number of pyridine rings is 1. The average Bonchev–Trinajstić information content (AvgIpc) is 2.57. The van der Waals surface area contributed by atoms with Gasteiger partial charge in [-0.15, -0.1) is 0 Å². The molecule has 5 heteroatoms. The van der Waals surface area contributed by atoms with Crippen LogP contribution in [0.3, 0.4) is 0 Å². The third kappa shape index (κ3) is 3.40. The maximum absolute atomic E-state index is 13.0. The van der Waals surface area contributed by atoms with Crippen LogP contribution in [-0.4, -0.2) is 4.57 Å². The van der Waals surface area contributed by atoms with Crippen LogP contribution in [0.2, 0.25) is 0 Å². The molecule has 1 fully saturated rings. The van der Waals surface area contributed by atoms with Crippen molar-refractivity contribution in [3.8, 4) is 11.1 Å². The molecule has 128 valence electrons. The van der Waals surface area contributed by atoms with Gasteiger partial charge in [-0.1, -0.05) is 31.4 Å². The summed E-state index contributed by atoms with van der Waals surface area (Å²) in [6.07, 6.45) is 4.36. The number of rotatable bonds is 2. The average molecular weight is 335 g/mol. The van der Waals surface area contributed by atoms with Gasteiger partial charge in [0.05, 0.1) is 5.56 Å². The first-order valence-corrected chi connectivity index (χ1v) is 8.24. The molecule has 0 aliphatic heterocycles. The van der Waals surface area contributed by atoms with Crippen molar-refractivity contribution in [1.29, 1.82) is 0 Å². The van der Waals surface area contributed by atoms with E-state index in [2.05, 4.69) is 0 Å². The van der Waals surface area contributed by atoms with Crippen LogP contribution in [0.1, 0.15) is 49.1 Å². The van der Waals surface area contributed by atoms with Crippen LogP contribution in [0.25, 0.3) is 11.1 Å². The van der Waals surface area contributed by atoms with E-state index in [-0.39, 0.29) is 11.3 Å². The lowest BCUT2D eigenvalue weighted by atomic mass is 9.84. The molecule has 1 heterocycles. The van der Waals surface area contributed by atoms with Crippen LogP contribution < -0.4 is 5.43 Å². The van der Waals surface area contributed by atoms with Crippen molar-refractivity contribution in [2.75, 3.05) is 0 Å². The first-order valence-electron chi connectivity index (χ1n) is 8.24. The second kappa shape index (κ2) is 6.46. The fourth-order valence-corrected chi connectivity index (χ4v) is 3.51. The van der Waals surface area contributed by atoms with Crippen LogP contribution in [0.4, 0.5) is 13.2 Å². The van der Waals surface area contributed by atoms with Crippen LogP contribution in [0.15, 0.2) is 41.5 Å². The van der Waals surface area contributed by atoms with Crippen LogP contribution in [0.5, 0.6) is 0 Å². The zero-order valence-electron chi connectivity index (χ0n) is 13.6. The summed E-state index contributed by atoms with van der Waals surface area (Å²) in [5, 5.41) is 0. The highest BCUT2D eigenvalue weighted by atomic mass is 19.4. The summed E-state index contributed by atoms with van der Waals surface area (Å²) < 4.78 is 40.6. The summed E-state index contributed by atoms with van der Waals surface area (Å²) in [6, 6.07) is 5.00. The summed E-state index contributed by atoms with van der Waals surface area (Å²) in [5.74, 6) is 0.211. The molecule has 1 aromatic heterocycles. The molecule has 0 saturated heterocycles. The Hall–Kier alpha value is -2.04. The molecular formula is C19H20F3NO. The van der Waals surface area contributed by atoms with Crippen LogP contribution in [-0.2, 0) is 13.2 Å². The summed E-state index contributed by atoms with van der Waals surface area (Å²) in [4.78, 5) is 12.9. The predicted molar refractivity (Wildman–Crippen MR) is 87.9 cm³/mol. The molecule has 0 bridgehead atoms. The Morgan fingerprint density at radius 1 is 1.08 bits per heavy atom. The molecule has 2 aromatic rings. The molecule has 0 spiro atoms. The third-order valence-corrected chi connectivity index (χ3v) is 4.73. The maximum Gasteiger partial charge on any atom is 0.416 e. The van der Waals surface area contributed by atoms with E-state index in [0.717, 1.165) is 43.4 Å². The summed E-state index contributed by atoms with van der Waals surface area (Å²) in [7, 11) is 1.81. The Morgan fingerprint density at radius 3 is 2.46 bits per heavy atom. The number of benzene rings is 1. The lowest BCUT2D eigenvalue weighted by molar-refractivity contribution is -0.137. The largest absolute Gasteiger partial charge is 0.416 e. The standard InChI is InChI=1S/C19H20F3NO/c1-23-11-16(13-6-3-2-4-7-13)18(24)17(12-23)14-8-5-9-15(10-14)19(20,21)22/h5,8-13H,2-4,6-7H2,1H3. The summed E-state index contributed by atoms with van der Waals surface area (Å²) in [5.41, 5.74) is 0.520. The Balaban J connectivity index is 2.09. The highest BCUT2D eigenvalue weighted by Gasteiger charge is 2.30. The Kier molecular flexibility index (Phi) is 4.52. The van der Waals surface area contributed by atoms with Crippen molar-refractivity contribution in [3.05, 3.63) is 58.0 Å². The van der Waals surface area contributed by atoms with Crippen molar-refractivity contribution in [3.63, 3.8) is 0 Å². The topological polar surface area (TPSA) is 22.0 Å². The van der Waals surface area contributed by atoms with Gasteiger partial charge in [-0.2, -0.15) is 13.2 Å². The van der Waals surface area contributed by atoms with Crippen molar-refractivity contribution in [2.45, 2.75) is 44.2 Å². The van der Waals surface area contributed by atoms with Gasteiger partial charge in [0, 0.05) is 30.6 Å². The lowest BCUT2D eigenvalue weighted by Gasteiger charge is -2.22. The molecule has 0 N–H and O–H groups in total. The molecule has 2 nitrogen and oxygen atoms in total. The van der Waals surface area contributed by atoms with E-state index in [0.29, 0.717) is 11.1 Å². The van der Waals surface area contributed by atoms with Gasteiger partial charge in [-0.3, -0.25) is 4.79 Å². The quantitative estimate of drug-likeness (QED) is 0.747. The number of halogens is 3. The molecular weight excluding hydrogens is 315 g/mol. The van der Waals surface area contributed by atoms with Gasteiger partial charge < -0.3 is 4.57 Å². The fraction of sp³-hybridized carbons (Fsp3) is 0.421. The Labute approximate surface area is 138 Å². The van der Waals surface area contributed by atoms with E-state index in [1.807, 2.05) is 13.2 Å². The van der Waals surface area contributed by atoms with Gasteiger partial charge in [0.1, 0.15) is 0 Å². The summed E-state index contributed by atoms with van der Waals surface area (Å²) >= 11 is 0. The number of hydrogen-bond donors (Lipinski definition) is 0. The van der Waals surface area contributed by atoms with E-state index >= 15 is 0 Å². The molecule has 1 aliphatic carbocycles. The number of nitrogens with zero attached hydrogens (tertiary/aromatic N) is 1. The molecule has 3 rings (SSSR count). The van der Waals surface area contributed by atoms with Crippen molar-refractivity contribution >= 4 is 0 Å². The van der Waals surface area contributed by atoms with Gasteiger partial charge in [-0.25, -0.2) is 0 Å². The minimum Gasteiger partial charge on any atom is -0.356 e. The Bertz CT molecular complexity index is 786. The van der Waals surface area contributed by atoms with E-state index in [1.54, 1.807) is 16.8 Å². The monoisotopic (exact) mass is 335 g/mol. The van der Waals surface area contributed by atoms with Gasteiger partial charge in [0.15, 0.2) is 5.43 Å². The zero-order chi connectivity index (χ0) is 17.3. The lowest BCUT2D eigenvalue weighted by Crippen LogP contribution is -2.19. The van der Waals surface area contributed by atoms with E-state index in [9.17, 15) is 18.0 Å².